The molecule has 0 aliphatic carbocycles. The Hall–Kier alpha value is -0.360. The van der Waals surface area contributed by atoms with Gasteiger partial charge >= 0.3 is 0 Å². The van der Waals surface area contributed by atoms with Gasteiger partial charge in [0.25, 0.3) is 0 Å². The van der Waals surface area contributed by atoms with E-state index in [9.17, 15) is 0 Å². The van der Waals surface area contributed by atoms with Crippen LogP contribution in [0.3, 0.4) is 0 Å². The second-order valence-corrected chi connectivity index (χ2v) is 5.05. The number of hydrogen-bond acceptors (Lipinski definition) is 5. The Balaban J connectivity index is 1.87. The van der Waals surface area contributed by atoms with Crippen LogP contribution in [0.25, 0.3) is 0 Å². The number of fused-ring (bicyclic) bond motifs is 1. The molecular formula is C11H15ClN2O2S. The van der Waals surface area contributed by atoms with E-state index < -0.39 is 0 Å². The average molecular weight is 275 g/mol. The van der Waals surface area contributed by atoms with Crippen molar-refractivity contribution in [2.24, 2.45) is 0 Å². The van der Waals surface area contributed by atoms with E-state index in [1.807, 2.05) is 11.8 Å². The van der Waals surface area contributed by atoms with Crippen molar-refractivity contribution in [2.75, 3.05) is 26.9 Å². The summed E-state index contributed by atoms with van der Waals surface area (Å²) in [6, 6.07) is 0. The zero-order chi connectivity index (χ0) is 12.1. The summed E-state index contributed by atoms with van der Waals surface area (Å²) >= 11 is 7.94. The van der Waals surface area contributed by atoms with E-state index >= 15 is 0 Å². The van der Waals surface area contributed by atoms with Crippen molar-refractivity contribution in [3.05, 3.63) is 22.2 Å². The Morgan fingerprint density at radius 3 is 2.94 bits per heavy atom. The third-order valence-electron chi connectivity index (χ3n) is 2.48. The zero-order valence-electron chi connectivity index (χ0n) is 9.74. The summed E-state index contributed by atoms with van der Waals surface area (Å²) in [7, 11) is 1.66. The Kier molecular flexibility index (Phi) is 5.03. The van der Waals surface area contributed by atoms with Crippen LogP contribution in [-0.4, -0.2) is 36.9 Å². The summed E-state index contributed by atoms with van der Waals surface area (Å²) < 4.78 is 10.3. The minimum Gasteiger partial charge on any atom is -0.382 e. The van der Waals surface area contributed by atoms with Crippen LogP contribution in [0.1, 0.15) is 17.1 Å². The van der Waals surface area contributed by atoms with Gasteiger partial charge in [-0.2, -0.15) is 11.8 Å². The number of methoxy groups -OCH3 is 1. The van der Waals surface area contributed by atoms with E-state index in [0.717, 1.165) is 28.6 Å². The summed E-state index contributed by atoms with van der Waals surface area (Å²) in [4.78, 5) is 8.80. The number of rotatable bonds is 6. The first-order valence-electron chi connectivity index (χ1n) is 5.50. The van der Waals surface area contributed by atoms with Gasteiger partial charge in [-0.15, -0.1) is 0 Å². The zero-order valence-corrected chi connectivity index (χ0v) is 11.3. The topological polar surface area (TPSA) is 44.2 Å². The molecular weight excluding hydrogens is 260 g/mol. The number of aromatic nitrogens is 2. The molecule has 17 heavy (non-hydrogen) atoms. The predicted molar refractivity (Wildman–Crippen MR) is 68.4 cm³/mol. The highest BCUT2D eigenvalue weighted by molar-refractivity contribution is 7.98. The SMILES string of the molecule is COCCOCCc1nc(Cl)c2c(n1)CSC2. The first-order valence-corrected chi connectivity index (χ1v) is 7.03. The normalized spacial score (nSPS) is 14.0. The third-order valence-corrected chi connectivity index (χ3v) is 3.76. The number of nitrogens with zero attached hydrogens (tertiary/aromatic N) is 2. The molecule has 0 aromatic carbocycles. The van der Waals surface area contributed by atoms with Gasteiger partial charge < -0.3 is 9.47 Å². The van der Waals surface area contributed by atoms with Crippen molar-refractivity contribution in [3.8, 4) is 0 Å². The van der Waals surface area contributed by atoms with Gasteiger partial charge in [0, 0.05) is 30.6 Å². The highest BCUT2D eigenvalue weighted by Crippen LogP contribution is 2.32. The summed E-state index contributed by atoms with van der Waals surface area (Å²) in [5, 5.41) is 0.604. The van der Waals surface area contributed by atoms with Crippen molar-refractivity contribution < 1.29 is 9.47 Å². The van der Waals surface area contributed by atoms with Crippen LogP contribution in [-0.2, 0) is 27.4 Å². The number of ether oxygens (including phenoxy) is 2. The van der Waals surface area contributed by atoms with E-state index in [1.54, 1.807) is 7.11 Å². The van der Waals surface area contributed by atoms with Crippen LogP contribution in [0, 0.1) is 0 Å². The lowest BCUT2D eigenvalue weighted by Gasteiger charge is -2.05. The largest absolute Gasteiger partial charge is 0.382 e. The summed E-state index contributed by atoms with van der Waals surface area (Å²) in [5.41, 5.74) is 2.18. The third kappa shape index (κ3) is 3.55. The van der Waals surface area contributed by atoms with Crippen LogP contribution in [0.2, 0.25) is 5.15 Å². The lowest BCUT2D eigenvalue weighted by Crippen LogP contribution is -2.08. The van der Waals surface area contributed by atoms with Crippen LogP contribution in [0.15, 0.2) is 0 Å². The smallest absolute Gasteiger partial charge is 0.137 e. The molecule has 2 heterocycles. The summed E-state index contributed by atoms with van der Waals surface area (Å²) in [6.45, 7) is 1.82. The fourth-order valence-corrected chi connectivity index (χ4v) is 2.97. The van der Waals surface area contributed by atoms with Crippen molar-refractivity contribution >= 4 is 23.4 Å². The van der Waals surface area contributed by atoms with E-state index in [4.69, 9.17) is 21.1 Å². The molecule has 0 atom stereocenters. The van der Waals surface area contributed by atoms with Crippen molar-refractivity contribution in [1.82, 2.24) is 9.97 Å². The molecule has 0 radical (unpaired) electrons. The van der Waals surface area contributed by atoms with Gasteiger partial charge in [-0.25, -0.2) is 9.97 Å². The Morgan fingerprint density at radius 1 is 1.24 bits per heavy atom. The van der Waals surface area contributed by atoms with Gasteiger partial charge in [-0.3, -0.25) is 0 Å². The molecule has 0 amide bonds. The van der Waals surface area contributed by atoms with Gasteiger partial charge in [0.05, 0.1) is 25.5 Å². The molecule has 4 nitrogen and oxygen atoms in total. The molecule has 0 spiro atoms. The van der Waals surface area contributed by atoms with Crippen molar-refractivity contribution in [3.63, 3.8) is 0 Å². The Labute approximate surface area is 110 Å². The van der Waals surface area contributed by atoms with Crippen molar-refractivity contribution in [1.29, 1.82) is 0 Å². The molecule has 0 fully saturated rings. The first kappa shape index (κ1) is 13.1. The molecule has 0 saturated carbocycles. The van der Waals surface area contributed by atoms with Crippen LogP contribution in [0.4, 0.5) is 0 Å². The fourth-order valence-electron chi connectivity index (χ4n) is 1.58. The maximum absolute atomic E-state index is 6.11. The molecule has 0 unspecified atom stereocenters. The lowest BCUT2D eigenvalue weighted by molar-refractivity contribution is 0.0716. The molecule has 1 aromatic heterocycles. The molecule has 0 N–H and O–H groups in total. The standard InChI is InChI=1S/C11H15ClN2O2S/c1-15-4-5-16-3-2-10-13-9-7-17-6-8(9)11(12)14-10/h2-7H2,1H3. The molecule has 2 rings (SSSR count). The molecule has 0 bridgehead atoms. The molecule has 94 valence electrons. The second-order valence-electron chi connectivity index (χ2n) is 3.70. The van der Waals surface area contributed by atoms with E-state index in [1.165, 1.54) is 0 Å². The highest BCUT2D eigenvalue weighted by Gasteiger charge is 2.18. The van der Waals surface area contributed by atoms with E-state index in [2.05, 4.69) is 9.97 Å². The summed E-state index contributed by atoms with van der Waals surface area (Å²) in [6.07, 6.45) is 0.696. The molecule has 1 aromatic rings. The van der Waals surface area contributed by atoms with Gasteiger partial charge in [0.2, 0.25) is 0 Å². The van der Waals surface area contributed by atoms with Gasteiger partial charge in [0.1, 0.15) is 11.0 Å². The monoisotopic (exact) mass is 274 g/mol. The molecule has 6 heteroatoms. The molecule has 1 aliphatic heterocycles. The summed E-state index contributed by atoms with van der Waals surface area (Å²) in [5.74, 6) is 2.64. The van der Waals surface area contributed by atoms with Gasteiger partial charge in [-0.05, 0) is 0 Å². The number of hydrogen-bond donors (Lipinski definition) is 0. The predicted octanol–water partition coefficient (Wildman–Crippen LogP) is 2.08. The van der Waals surface area contributed by atoms with E-state index in [-0.39, 0.29) is 0 Å². The van der Waals surface area contributed by atoms with Crippen LogP contribution < -0.4 is 0 Å². The maximum atomic E-state index is 6.11. The maximum Gasteiger partial charge on any atom is 0.137 e. The lowest BCUT2D eigenvalue weighted by atomic mass is 10.2. The Morgan fingerprint density at radius 2 is 2.12 bits per heavy atom. The van der Waals surface area contributed by atoms with Gasteiger partial charge in [0.15, 0.2) is 0 Å². The first-order chi connectivity index (χ1) is 8.31. The minimum absolute atomic E-state index is 0.602. The van der Waals surface area contributed by atoms with Crippen molar-refractivity contribution in [2.45, 2.75) is 17.9 Å². The quantitative estimate of drug-likeness (QED) is 0.587. The highest BCUT2D eigenvalue weighted by atomic mass is 35.5. The number of thioether (sulfide) groups is 1. The average Bonchev–Trinajstić information content (AvgIpc) is 2.77. The Bertz CT molecular complexity index is 390. The second kappa shape index (κ2) is 6.54. The van der Waals surface area contributed by atoms with E-state index in [0.29, 0.717) is 31.4 Å². The molecule has 0 saturated heterocycles. The van der Waals surface area contributed by atoms with Gasteiger partial charge in [-0.1, -0.05) is 11.6 Å². The fraction of sp³-hybridized carbons (Fsp3) is 0.636. The van der Waals surface area contributed by atoms with Crippen LogP contribution in [0.5, 0.6) is 0 Å². The van der Waals surface area contributed by atoms with Crippen LogP contribution >= 0.6 is 23.4 Å². The molecule has 1 aliphatic rings. The number of halogens is 1. The minimum atomic E-state index is 0.602.